The fourth-order valence-electron chi connectivity index (χ4n) is 3.65. The van der Waals surface area contributed by atoms with Gasteiger partial charge in [-0.15, -0.1) is 0 Å². The lowest BCUT2D eigenvalue weighted by atomic mass is 9.93. The standard InChI is InChI=1S/C19H27N3O2/c1-15-9-12-21(13-10-15)14-22-17(23)19(2,20-18(22)24)11-8-16-6-4-3-5-7-16/h3-7,15H,8-14H2,1-2H3,(H,20,24)/p+1/t19-/m0/s1. The molecule has 5 heteroatoms. The summed E-state index contributed by atoms with van der Waals surface area (Å²) in [5, 5.41) is 2.92. The highest BCUT2D eigenvalue weighted by molar-refractivity contribution is 6.06. The fraction of sp³-hybridized carbons (Fsp3) is 0.579. The van der Waals surface area contributed by atoms with Gasteiger partial charge in [0.15, 0.2) is 6.67 Å². The van der Waals surface area contributed by atoms with E-state index in [9.17, 15) is 9.59 Å². The van der Waals surface area contributed by atoms with Crippen LogP contribution in [0.3, 0.4) is 0 Å². The molecule has 1 atom stereocenters. The largest absolute Gasteiger partial charge is 0.329 e. The fourth-order valence-corrected chi connectivity index (χ4v) is 3.65. The molecular weight excluding hydrogens is 302 g/mol. The van der Waals surface area contributed by atoms with Gasteiger partial charge in [0.25, 0.3) is 5.91 Å². The molecule has 1 aromatic rings. The van der Waals surface area contributed by atoms with Crippen molar-refractivity contribution in [3.05, 3.63) is 35.9 Å². The number of hydrogen-bond acceptors (Lipinski definition) is 2. The van der Waals surface area contributed by atoms with Crippen molar-refractivity contribution in [3.63, 3.8) is 0 Å². The first-order chi connectivity index (χ1) is 11.5. The van der Waals surface area contributed by atoms with E-state index in [0.29, 0.717) is 13.1 Å². The Kier molecular flexibility index (Phi) is 4.90. The molecule has 24 heavy (non-hydrogen) atoms. The van der Waals surface area contributed by atoms with Crippen LogP contribution in [0.15, 0.2) is 30.3 Å². The van der Waals surface area contributed by atoms with Gasteiger partial charge in [-0.1, -0.05) is 37.3 Å². The summed E-state index contributed by atoms with van der Waals surface area (Å²) in [5.41, 5.74) is 0.407. The summed E-state index contributed by atoms with van der Waals surface area (Å²) in [6, 6.07) is 9.86. The lowest BCUT2D eigenvalue weighted by Gasteiger charge is -2.29. The van der Waals surface area contributed by atoms with Gasteiger partial charge in [-0.05, 0) is 44.1 Å². The number of nitrogens with zero attached hydrogens (tertiary/aromatic N) is 1. The highest BCUT2D eigenvalue weighted by Crippen LogP contribution is 2.22. The molecular formula is C19H28N3O2+. The third kappa shape index (κ3) is 3.61. The second-order valence-electron chi connectivity index (χ2n) is 7.57. The van der Waals surface area contributed by atoms with Crippen LogP contribution >= 0.6 is 0 Å². The SMILES string of the molecule is CC1CC[NH+](CN2C(=O)N[C@@](C)(CCc3ccccc3)C2=O)CC1. The maximum absolute atomic E-state index is 12.8. The van der Waals surface area contributed by atoms with E-state index in [0.717, 1.165) is 25.4 Å². The summed E-state index contributed by atoms with van der Waals surface area (Å²) < 4.78 is 0. The number of quaternary nitrogens is 1. The van der Waals surface area contributed by atoms with Crippen LogP contribution in [0, 0.1) is 5.92 Å². The molecule has 0 aromatic heterocycles. The topological polar surface area (TPSA) is 53.9 Å². The molecule has 1 aromatic carbocycles. The van der Waals surface area contributed by atoms with Crippen LogP contribution in [0.4, 0.5) is 4.79 Å². The normalized spacial score (nSPS) is 30.5. The number of benzene rings is 1. The third-order valence-corrected chi connectivity index (χ3v) is 5.46. The van der Waals surface area contributed by atoms with Crippen molar-refractivity contribution in [2.45, 2.75) is 45.1 Å². The van der Waals surface area contributed by atoms with Crippen LogP contribution in [0.2, 0.25) is 0 Å². The van der Waals surface area contributed by atoms with Crippen molar-refractivity contribution >= 4 is 11.9 Å². The molecule has 3 amide bonds. The van der Waals surface area contributed by atoms with Crippen molar-refractivity contribution < 1.29 is 14.5 Å². The number of carbonyl (C=O) groups is 2. The van der Waals surface area contributed by atoms with Crippen molar-refractivity contribution in [1.82, 2.24) is 10.2 Å². The van der Waals surface area contributed by atoms with Gasteiger partial charge < -0.3 is 10.2 Å². The van der Waals surface area contributed by atoms with Gasteiger partial charge in [0.05, 0.1) is 13.1 Å². The highest BCUT2D eigenvalue weighted by Gasteiger charge is 2.48. The quantitative estimate of drug-likeness (QED) is 0.797. The predicted molar refractivity (Wildman–Crippen MR) is 92.5 cm³/mol. The molecule has 0 unspecified atom stereocenters. The molecule has 2 N–H and O–H groups in total. The Hall–Kier alpha value is -1.88. The molecule has 2 aliphatic heterocycles. The van der Waals surface area contributed by atoms with E-state index in [1.54, 1.807) is 0 Å². The molecule has 130 valence electrons. The van der Waals surface area contributed by atoms with Crippen molar-refractivity contribution in [3.8, 4) is 0 Å². The van der Waals surface area contributed by atoms with Crippen molar-refractivity contribution in [2.75, 3.05) is 19.8 Å². The van der Waals surface area contributed by atoms with E-state index in [4.69, 9.17) is 0 Å². The predicted octanol–water partition coefficient (Wildman–Crippen LogP) is 1.20. The molecule has 2 fully saturated rings. The first-order valence-electron chi connectivity index (χ1n) is 8.99. The van der Waals surface area contributed by atoms with E-state index in [2.05, 4.69) is 24.4 Å². The number of hydrogen-bond donors (Lipinski definition) is 2. The first kappa shape index (κ1) is 17.0. The number of imide groups is 1. The minimum Gasteiger partial charge on any atom is -0.323 e. The summed E-state index contributed by atoms with van der Waals surface area (Å²) in [6.45, 7) is 6.70. The van der Waals surface area contributed by atoms with Crippen LogP contribution in [0.5, 0.6) is 0 Å². The lowest BCUT2D eigenvalue weighted by Crippen LogP contribution is -3.14. The molecule has 0 aliphatic carbocycles. The second-order valence-corrected chi connectivity index (χ2v) is 7.57. The summed E-state index contributed by atoms with van der Waals surface area (Å²) in [6.07, 6.45) is 3.75. The average molecular weight is 330 g/mol. The molecule has 2 aliphatic rings. The molecule has 0 bridgehead atoms. The highest BCUT2D eigenvalue weighted by atomic mass is 16.2. The Bertz CT molecular complexity index is 596. The molecule has 2 heterocycles. The van der Waals surface area contributed by atoms with Gasteiger partial charge in [0.1, 0.15) is 5.54 Å². The Labute approximate surface area is 144 Å². The van der Waals surface area contributed by atoms with E-state index < -0.39 is 5.54 Å². The number of carbonyl (C=O) groups excluding carboxylic acids is 2. The Morgan fingerprint density at radius 2 is 1.88 bits per heavy atom. The molecule has 0 saturated carbocycles. The zero-order chi connectivity index (χ0) is 17.2. The van der Waals surface area contributed by atoms with Crippen LogP contribution in [-0.4, -0.2) is 42.1 Å². The minimum atomic E-state index is -0.782. The van der Waals surface area contributed by atoms with Gasteiger partial charge in [0.2, 0.25) is 0 Å². The number of urea groups is 1. The number of likely N-dealkylation sites (tertiary alicyclic amines) is 1. The van der Waals surface area contributed by atoms with Crippen molar-refractivity contribution in [1.29, 1.82) is 0 Å². The lowest BCUT2D eigenvalue weighted by molar-refractivity contribution is -0.913. The number of piperidine rings is 1. The molecule has 0 spiro atoms. The molecule has 0 radical (unpaired) electrons. The smallest absolute Gasteiger partial charge is 0.323 e. The van der Waals surface area contributed by atoms with Crippen LogP contribution in [0.25, 0.3) is 0 Å². The van der Waals surface area contributed by atoms with E-state index >= 15 is 0 Å². The zero-order valence-electron chi connectivity index (χ0n) is 14.7. The Morgan fingerprint density at radius 3 is 2.54 bits per heavy atom. The zero-order valence-corrected chi connectivity index (χ0v) is 14.7. The molecule has 2 saturated heterocycles. The monoisotopic (exact) mass is 330 g/mol. The van der Waals surface area contributed by atoms with Gasteiger partial charge >= 0.3 is 6.03 Å². The average Bonchev–Trinajstić information content (AvgIpc) is 2.80. The summed E-state index contributed by atoms with van der Waals surface area (Å²) in [5.74, 6) is 0.683. The van der Waals surface area contributed by atoms with Crippen LogP contribution < -0.4 is 10.2 Å². The third-order valence-electron chi connectivity index (χ3n) is 5.46. The van der Waals surface area contributed by atoms with E-state index in [-0.39, 0.29) is 11.9 Å². The summed E-state index contributed by atoms with van der Waals surface area (Å²) in [7, 11) is 0. The summed E-state index contributed by atoms with van der Waals surface area (Å²) in [4.78, 5) is 27.9. The number of nitrogens with one attached hydrogen (secondary N) is 2. The van der Waals surface area contributed by atoms with E-state index in [1.807, 2.05) is 25.1 Å². The van der Waals surface area contributed by atoms with Crippen LogP contribution in [-0.2, 0) is 11.2 Å². The molecule has 5 nitrogen and oxygen atoms in total. The maximum atomic E-state index is 12.8. The van der Waals surface area contributed by atoms with Gasteiger partial charge in [0, 0.05) is 0 Å². The Morgan fingerprint density at radius 1 is 1.21 bits per heavy atom. The van der Waals surface area contributed by atoms with Gasteiger partial charge in [-0.25, -0.2) is 9.69 Å². The number of aryl methyl sites for hydroxylation is 1. The maximum Gasteiger partial charge on any atom is 0.329 e. The van der Waals surface area contributed by atoms with Gasteiger partial charge in [-0.3, -0.25) is 4.79 Å². The Balaban J connectivity index is 1.60. The van der Waals surface area contributed by atoms with E-state index in [1.165, 1.54) is 28.2 Å². The van der Waals surface area contributed by atoms with Crippen LogP contribution in [0.1, 0.15) is 38.7 Å². The minimum absolute atomic E-state index is 0.0745. The molecule has 3 rings (SSSR count). The second kappa shape index (κ2) is 6.93. The van der Waals surface area contributed by atoms with Gasteiger partial charge in [-0.2, -0.15) is 0 Å². The number of rotatable bonds is 5. The number of amides is 3. The van der Waals surface area contributed by atoms with Crippen molar-refractivity contribution in [2.24, 2.45) is 5.92 Å². The summed E-state index contributed by atoms with van der Waals surface area (Å²) >= 11 is 0. The first-order valence-corrected chi connectivity index (χ1v) is 8.99.